The molecule has 0 saturated carbocycles. The van der Waals surface area contributed by atoms with E-state index in [1.54, 1.807) is 30.1 Å². The zero-order valence-electron chi connectivity index (χ0n) is 18.4. The highest BCUT2D eigenvalue weighted by Crippen LogP contribution is 2.31. The van der Waals surface area contributed by atoms with Crippen LogP contribution in [0.5, 0.6) is 5.75 Å². The van der Waals surface area contributed by atoms with Crippen molar-refractivity contribution in [2.24, 2.45) is 0 Å². The lowest BCUT2D eigenvalue weighted by atomic mass is 10.0. The Morgan fingerprint density at radius 1 is 1.16 bits per heavy atom. The maximum Gasteiger partial charge on any atom is 0.260 e. The molecular formula is C24H29N3O4. The monoisotopic (exact) mass is 423 g/mol. The van der Waals surface area contributed by atoms with E-state index in [0.29, 0.717) is 23.0 Å². The van der Waals surface area contributed by atoms with Crippen molar-refractivity contribution in [3.8, 4) is 5.75 Å². The number of hydrogen-bond donors (Lipinski definition) is 1. The summed E-state index contributed by atoms with van der Waals surface area (Å²) in [7, 11) is 1.57. The number of anilines is 2. The van der Waals surface area contributed by atoms with Gasteiger partial charge in [0, 0.05) is 19.5 Å². The fraction of sp³-hybridized carbons (Fsp3) is 0.375. The molecule has 0 aromatic heterocycles. The Morgan fingerprint density at radius 2 is 1.84 bits per heavy atom. The molecule has 1 aliphatic rings. The molecule has 1 N–H and O–H groups in total. The molecule has 3 amide bonds. The molecule has 1 aliphatic heterocycles. The lowest BCUT2D eigenvalue weighted by Crippen LogP contribution is -2.46. The van der Waals surface area contributed by atoms with Crippen molar-refractivity contribution in [3.05, 3.63) is 54.1 Å². The average Bonchev–Trinajstić information content (AvgIpc) is 2.86. The Morgan fingerprint density at radius 3 is 2.52 bits per heavy atom. The number of amides is 3. The van der Waals surface area contributed by atoms with Gasteiger partial charge < -0.3 is 19.9 Å². The molecule has 1 heterocycles. The van der Waals surface area contributed by atoms with Crippen LogP contribution >= 0.6 is 0 Å². The van der Waals surface area contributed by atoms with Crippen LogP contribution in [-0.2, 0) is 14.4 Å². The summed E-state index contributed by atoms with van der Waals surface area (Å²) in [5.74, 6) is 0.332. The van der Waals surface area contributed by atoms with E-state index in [9.17, 15) is 14.4 Å². The molecule has 2 aromatic carbocycles. The van der Waals surface area contributed by atoms with Gasteiger partial charge in [-0.1, -0.05) is 38.1 Å². The van der Waals surface area contributed by atoms with E-state index in [-0.39, 0.29) is 43.3 Å². The minimum atomic E-state index is -0.324. The standard InChI is InChI=1S/C24H29N3O4/c1-16(2)18-9-11-19(12-10-18)31-15-24(30)26(4)14-23(29)27-17(3)13-22(28)25-20-7-5-6-8-21(20)27/h5-12,16-17H,13-15H2,1-4H3,(H,25,28)/t17-/m0/s1. The highest BCUT2D eigenvalue weighted by Gasteiger charge is 2.30. The van der Waals surface area contributed by atoms with E-state index in [4.69, 9.17) is 4.74 Å². The normalized spacial score (nSPS) is 15.7. The van der Waals surface area contributed by atoms with Crippen LogP contribution in [0.4, 0.5) is 11.4 Å². The first-order valence-electron chi connectivity index (χ1n) is 10.4. The molecule has 7 nitrogen and oxygen atoms in total. The molecule has 0 radical (unpaired) electrons. The first-order valence-corrected chi connectivity index (χ1v) is 10.4. The molecule has 3 rings (SSSR count). The number of carbonyl (C=O) groups is 3. The molecule has 7 heteroatoms. The van der Waals surface area contributed by atoms with Crippen molar-refractivity contribution in [1.82, 2.24) is 4.90 Å². The topological polar surface area (TPSA) is 79.0 Å². The summed E-state index contributed by atoms with van der Waals surface area (Å²) < 4.78 is 5.59. The van der Waals surface area contributed by atoms with Gasteiger partial charge in [0.2, 0.25) is 11.8 Å². The van der Waals surface area contributed by atoms with Crippen LogP contribution in [0.3, 0.4) is 0 Å². The van der Waals surface area contributed by atoms with Gasteiger partial charge in [0.25, 0.3) is 5.91 Å². The maximum atomic E-state index is 13.1. The van der Waals surface area contributed by atoms with Crippen molar-refractivity contribution in [1.29, 1.82) is 0 Å². The zero-order valence-corrected chi connectivity index (χ0v) is 18.4. The van der Waals surface area contributed by atoms with Gasteiger partial charge >= 0.3 is 0 Å². The van der Waals surface area contributed by atoms with Crippen LogP contribution in [0.2, 0.25) is 0 Å². The number of benzene rings is 2. The van der Waals surface area contributed by atoms with E-state index < -0.39 is 0 Å². The summed E-state index contributed by atoms with van der Waals surface area (Å²) in [6, 6.07) is 14.5. The summed E-state index contributed by atoms with van der Waals surface area (Å²) in [5, 5.41) is 2.83. The molecule has 31 heavy (non-hydrogen) atoms. The second-order valence-electron chi connectivity index (χ2n) is 8.14. The Bertz CT molecular complexity index is 956. The van der Waals surface area contributed by atoms with Gasteiger partial charge in [-0.2, -0.15) is 0 Å². The first-order chi connectivity index (χ1) is 14.8. The maximum absolute atomic E-state index is 13.1. The number of hydrogen-bond acceptors (Lipinski definition) is 4. The minimum Gasteiger partial charge on any atom is -0.484 e. The van der Waals surface area contributed by atoms with E-state index in [2.05, 4.69) is 19.2 Å². The summed E-state index contributed by atoms with van der Waals surface area (Å²) >= 11 is 0. The lowest BCUT2D eigenvalue weighted by molar-refractivity contribution is -0.135. The second kappa shape index (κ2) is 9.64. The summed E-state index contributed by atoms with van der Waals surface area (Å²) in [5.41, 5.74) is 2.42. The van der Waals surface area contributed by atoms with Crippen LogP contribution in [0.15, 0.2) is 48.5 Å². The predicted molar refractivity (Wildman–Crippen MR) is 120 cm³/mol. The molecule has 164 valence electrons. The number of nitrogens with one attached hydrogen (secondary N) is 1. The first kappa shape index (κ1) is 22.3. The number of likely N-dealkylation sites (N-methyl/N-ethyl adjacent to an activating group) is 1. The van der Waals surface area contributed by atoms with Gasteiger partial charge in [0.15, 0.2) is 6.61 Å². The number of ether oxygens (including phenoxy) is 1. The van der Waals surface area contributed by atoms with E-state index >= 15 is 0 Å². The van der Waals surface area contributed by atoms with Crippen LogP contribution in [0.1, 0.15) is 38.7 Å². The van der Waals surface area contributed by atoms with Crippen molar-refractivity contribution < 1.29 is 19.1 Å². The number of fused-ring (bicyclic) bond motifs is 1. The molecule has 0 bridgehead atoms. The van der Waals surface area contributed by atoms with Crippen LogP contribution in [0, 0.1) is 0 Å². The number of para-hydroxylation sites is 2. The average molecular weight is 424 g/mol. The van der Waals surface area contributed by atoms with Crippen LogP contribution in [-0.4, -0.2) is 48.9 Å². The molecule has 1 atom stereocenters. The largest absolute Gasteiger partial charge is 0.484 e. The number of carbonyl (C=O) groups excluding carboxylic acids is 3. The van der Waals surface area contributed by atoms with Gasteiger partial charge in [0.05, 0.1) is 17.9 Å². The fourth-order valence-electron chi connectivity index (χ4n) is 3.54. The third kappa shape index (κ3) is 5.42. The van der Waals surface area contributed by atoms with E-state index in [1.807, 2.05) is 37.3 Å². The number of rotatable bonds is 6. The highest BCUT2D eigenvalue weighted by atomic mass is 16.5. The van der Waals surface area contributed by atoms with Gasteiger partial charge in [-0.15, -0.1) is 0 Å². The number of nitrogens with zero attached hydrogens (tertiary/aromatic N) is 2. The minimum absolute atomic E-state index is 0.110. The SMILES string of the molecule is CC(C)c1ccc(OCC(=O)N(C)CC(=O)N2c3ccccc3NC(=O)C[C@@H]2C)cc1. The molecule has 0 spiro atoms. The second-order valence-corrected chi connectivity index (χ2v) is 8.14. The quantitative estimate of drug-likeness (QED) is 0.772. The Labute approximate surface area is 183 Å². The molecule has 0 saturated heterocycles. The molecule has 0 fully saturated rings. The van der Waals surface area contributed by atoms with E-state index in [1.165, 1.54) is 10.5 Å². The molecule has 0 unspecified atom stereocenters. The predicted octanol–water partition coefficient (Wildman–Crippen LogP) is 3.41. The van der Waals surface area contributed by atoms with Crippen molar-refractivity contribution in [2.75, 3.05) is 30.4 Å². The van der Waals surface area contributed by atoms with Gasteiger partial charge in [0.1, 0.15) is 5.75 Å². The molecule has 2 aromatic rings. The lowest BCUT2D eigenvalue weighted by Gasteiger charge is -2.29. The van der Waals surface area contributed by atoms with Crippen LogP contribution in [0.25, 0.3) is 0 Å². The summed E-state index contributed by atoms with van der Waals surface area (Å²) in [6.45, 7) is 5.78. The third-order valence-corrected chi connectivity index (χ3v) is 5.34. The Balaban J connectivity index is 1.62. The van der Waals surface area contributed by atoms with Crippen molar-refractivity contribution in [3.63, 3.8) is 0 Å². The van der Waals surface area contributed by atoms with Crippen molar-refractivity contribution >= 4 is 29.1 Å². The smallest absolute Gasteiger partial charge is 0.260 e. The fourth-order valence-corrected chi connectivity index (χ4v) is 3.54. The zero-order chi connectivity index (χ0) is 22.5. The van der Waals surface area contributed by atoms with Crippen molar-refractivity contribution in [2.45, 2.75) is 39.2 Å². The molecular weight excluding hydrogens is 394 g/mol. The van der Waals surface area contributed by atoms with Gasteiger partial charge in [-0.25, -0.2) is 0 Å². The van der Waals surface area contributed by atoms with E-state index in [0.717, 1.165) is 0 Å². The Kier molecular flexibility index (Phi) is 6.95. The Hall–Kier alpha value is -3.35. The highest BCUT2D eigenvalue weighted by molar-refractivity contribution is 6.05. The third-order valence-electron chi connectivity index (χ3n) is 5.34. The summed E-state index contributed by atoms with van der Waals surface area (Å²) in [6.07, 6.45) is 0.188. The molecule has 0 aliphatic carbocycles. The summed E-state index contributed by atoms with van der Waals surface area (Å²) in [4.78, 5) is 40.6. The van der Waals surface area contributed by atoms with Gasteiger partial charge in [-0.05, 0) is 42.7 Å². The van der Waals surface area contributed by atoms with Gasteiger partial charge in [-0.3, -0.25) is 14.4 Å². The van der Waals surface area contributed by atoms with Crippen LogP contribution < -0.4 is 15.0 Å².